The van der Waals surface area contributed by atoms with E-state index in [1.807, 2.05) is 6.07 Å². The summed E-state index contributed by atoms with van der Waals surface area (Å²) in [5.41, 5.74) is 0.576. The van der Waals surface area contributed by atoms with Gasteiger partial charge in [-0.15, -0.1) is 0 Å². The molecule has 0 saturated heterocycles. The molecular formula is C10H15BrN2O2S. The lowest BCUT2D eigenvalue weighted by Gasteiger charge is -2.09. The summed E-state index contributed by atoms with van der Waals surface area (Å²) in [6.07, 6.45) is 0.594. The van der Waals surface area contributed by atoms with Gasteiger partial charge < -0.3 is 5.32 Å². The molecule has 0 unspecified atom stereocenters. The summed E-state index contributed by atoms with van der Waals surface area (Å²) in [5, 5.41) is 2.91. The van der Waals surface area contributed by atoms with Crippen LogP contribution in [0.2, 0.25) is 0 Å². The van der Waals surface area contributed by atoms with Crippen molar-refractivity contribution in [2.45, 2.75) is 6.42 Å². The third-order valence-electron chi connectivity index (χ3n) is 1.98. The largest absolute Gasteiger partial charge is 0.320 e. The zero-order valence-corrected chi connectivity index (χ0v) is 11.4. The average molecular weight is 307 g/mol. The SMILES string of the molecule is CNCCCS(=O)(=O)Nc1ccccc1Br. The van der Waals surface area contributed by atoms with Crippen molar-refractivity contribution in [3.05, 3.63) is 28.7 Å². The van der Waals surface area contributed by atoms with Crippen molar-refractivity contribution in [2.75, 3.05) is 24.1 Å². The van der Waals surface area contributed by atoms with Gasteiger partial charge in [0.05, 0.1) is 11.4 Å². The van der Waals surface area contributed by atoms with Gasteiger partial charge >= 0.3 is 0 Å². The Morgan fingerprint density at radius 2 is 2.00 bits per heavy atom. The molecule has 16 heavy (non-hydrogen) atoms. The van der Waals surface area contributed by atoms with E-state index in [1.165, 1.54) is 0 Å². The molecule has 1 aromatic rings. The predicted octanol–water partition coefficient (Wildman–Crippen LogP) is 1.80. The molecule has 6 heteroatoms. The number of para-hydroxylation sites is 1. The molecule has 0 aromatic heterocycles. The van der Waals surface area contributed by atoms with E-state index in [0.29, 0.717) is 18.7 Å². The van der Waals surface area contributed by atoms with Gasteiger partial charge in [-0.1, -0.05) is 12.1 Å². The Kier molecular flexibility index (Phi) is 5.24. The molecule has 0 saturated carbocycles. The topological polar surface area (TPSA) is 58.2 Å². The van der Waals surface area contributed by atoms with Crippen LogP contribution >= 0.6 is 15.9 Å². The van der Waals surface area contributed by atoms with Gasteiger partial charge in [0, 0.05) is 4.47 Å². The monoisotopic (exact) mass is 306 g/mol. The van der Waals surface area contributed by atoms with Crippen molar-refractivity contribution in [3.63, 3.8) is 0 Å². The zero-order chi connectivity index (χ0) is 12.0. The lowest BCUT2D eigenvalue weighted by molar-refractivity contribution is 0.597. The van der Waals surface area contributed by atoms with Gasteiger partial charge in [-0.05, 0) is 48.1 Å². The van der Waals surface area contributed by atoms with Crippen molar-refractivity contribution < 1.29 is 8.42 Å². The van der Waals surface area contributed by atoms with Crippen molar-refractivity contribution in [1.82, 2.24) is 5.32 Å². The third kappa shape index (κ3) is 4.51. The number of halogens is 1. The maximum Gasteiger partial charge on any atom is 0.232 e. The molecule has 0 aliphatic rings. The summed E-state index contributed by atoms with van der Waals surface area (Å²) in [6.45, 7) is 0.691. The highest BCUT2D eigenvalue weighted by molar-refractivity contribution is 9.10. The number of nitrogens with one attached hydrogen (secondary N) is 2. The minimum atomic E-state index is -3.25. The number of benzene rings is 1. The van der Waals surface area contributed by atoms with Gasteiger partial charge in [0.2, 0.25) is 10.0 Å². The van der Waals surface area contributed by atoms with Crippen LogP contribution in [0.1, 0.15) is 6.42 Å². The molecule has 90 valence electrons. The third-order valence-corrected chi connectivity index (χ3v) is 4.03. The van der Waals surface area contributed by atoms with E-state index in [-0.39, 0.29) is 5.75 Å². The summed E-state index contributed by atoms with van der Waals surface area (Å²) >= 11 is 3.29. The highest BCUT2D eigenvalue weighted by atomic mass is 79.9. The molecule has 0 aliphatic carbocycles. The number of rotatable bonds is 6. The molecule has 0 spiro atoms. The van der Waals surface area contributed by atoms with E-state index < -0.39 is 10.0 Å². The molecular weight excluding hydrogens is 292 g/mol. The van der Waals surface area contributed by atoms with E-state index in [4.69, 9.17) is 0 Å². The fraction of sp³-hybridized carbons (Fsp3) is 0.400. The maximum absolute atomic E-state index is 11.7. The Balaban J connectivity index is 2.63. The lowest BCUT2D eigenvalue weighted by Crippen LogP contribution is -2.20. The normalized spacial score (nSPS) is 11.4. The van der Waals surface area contributed by atoms with Crippen LogP contribution in [0.4, 0.5) is 5.69 Å². The molecule has 1 rings (SSSR count). The van der Waals surface area contributed by atoms with E-state index in [0.717, 1.165) is 4.47 Å². The summed E-state index contributed by atoms with van der Waals surface area (Å²) in [4.78, 5) is 0. The zero-order valence-electron chi connectivity index (χ0n) is 9.03. The van der Waals surface area contributed by atoms with Crippen LogP contribution in [-0.2, 0) is 10.0 Å². The Morgan fingerprint density at radius 3 is 2.62 bits per heavy atom. The fourth-order valence-corrected chi connectivity index (χ4v) is 2.86. The fourth-order valence-electron chi connectivity index (χ4n) is 1.20. The summed E-state index contributed by atoms with van der Waals surface area (Å²) in [7, 11) is -1.45. The van der Waals surface area contributed by atoms with Gasteiger partial charge in [-0.3, -0.25) is 4.72 Å². The number of hydrogen-bond donors (Lipinski definition) is 2. The van der Waals surface area contributed by atoms with Crippen molar-refractivity contribution in [1.29, 1.82) is 0 Å². The minimum Gasteiger partial charge on any atom is -0.320 e. The Hall–Kier alpha value is -0.590. The summed E-state index contributed by atoms with van der Waals surface area (Å²) < 4.78 is 26.6. The molecule has 0 aliphatic heterocycles. The first-order valence-electron chi connectivity index (χ1n) is 4.95. The van der Waals surface area contributed by atoms with Crippen molar-refractivity contribution in [2.24, 2.45) is 0 Å². The van der Waals surface area contributed by atoms with Crippen LogP contribution in [0.25, 0.3) is 0 Å². The van der Waals surface area contributed by atoms with Crippen LogP contribution in [0.15, 0.2) is 28.7 Å². The smallest absolute Gasteiger partial charge is 0.232 e. The molecule has 0 amide bonds. The van der Waals surface area contributed by atoms with Gasteiger partial charge in [-0.2, -0.15) is 0 Å². The van der Waals surface area contributed by atoms with E-state index in [2.05, 4.69) is 26.0 Å². The van der Waals surface area contributed by atoms with Crippen LogP contribution in [0.3, 0.4) is 0 Å². The Bertz CT molecular complexity index is 434. The highest BCUT2D eigenvalue weighted by Crippen LogP contribution is 2.22. The van der Waals surface area contributed by atoms with Crippen LogP contribution in [-0.4, -0.2) is 27.8 Å². The highest BCUT2D eigenvalue weighted by Gasteiger charge is 2.11. The summed E-state index contributed by atoms with van der Waals surface area (Å²) in [6, 6.07) is 7.14. The van der Waals surface area contributed by atoms with Gasteiger partial charge in [0.25, 0.3) is 0 Å². The quantitative estimate of drug-likeness (QED) is 0.788. The second-order valence-electron chi connectivity index (χ2n) is 3.36. The molecule has 0 heterocycles. The number of anilines is 1. The van der Waals surface area contributed by atoms with Crippen molar-refractivity contribution >= 4 is 31.6 Å². The molecule has 0 bridgehead atoms. The van der Waals surface area contributed by atoms with Gasteiger partial charge in [0.1, 0.15) is 0 Å². The first-order valence-corrected chi connectivity index (χ1v) is 7.39. The molecule has 0 atom stereocenters. The minimum absolute atomic E-state index is 0.120. The van der Waals surface area contributed by atoms with E-state index in [1.54, 1.807) is 25.2 Å². The second-order valence-corrected chi connectivity index (χ2v) is 6.05. The first kappa shape index (κ1) is 13.5. The Morgan fingerprint density at radius 1 is 1.31 bits per heavy atom. The van der Waals surface area contributed by atoms with Gasteiger partial charge in [-0.25, -0.2) is 8.42 Å². The van der Waals surface area contributed by atoms with Crippen LogP contribution in [0.5, 0.6) is 0 Å². The van der Waals surface area contributed by atoms with Crippen molar-refractivity contribution in [3.8, 4) is 0 Å². The number of hydrogen-bond acceptors (Lipinski definition) is 3. The molecule has 0 radical (unpaired) electrons. The molecule has 0 fully saturated rings. The van der Waals surface area contributed by atoms with Gasteiger partial charge in [0.15, 0.2) is 0 Å². The Labute approximate surface area is 105 Å². The molecule has 1 aromatic carbocycles. The van der Waals surface area contributed by atoms with Crippen LogP contribution in [0, 0.1) is 0 Å². The maximum atomic E-state index is 11.7. The second kappa shape index (κ2) is 6.22. The first-order chi connectivity index (χ1) is 7.55. The van der Waals surface area contributed by atoms with Crippen LogP contribution < -0.4 is 10.0 Å². The molecule has 2 N–H and O–H groups in total. The van der Waals surface area contributed by atoms with E-state index in [9.17, 15) is 8.42 Å². The predicted molar refractivity (Wildman–Crippen MR) is 70.1 cm³/mol. The standard InChI is InChI=1S/C10H15BrN2O2S/c1-12-7-4-8-16(14,15)13-10-6-3-2-5-9(10)11/h2-3,5-6,12-13H,4,7-8H2,1H3. The summed E-state index contributed by atoms with van der Waals surface area (Å²) in [5.74, 6) is 0.120. The average Bonchev–Trinajstić information content (AvgIpc) is 2.21. The molecule has 4 nitrogen and oxygen atoms in total. The number of sulfonamides is 1. The lowest BCUT2D eigenvalue weighted by atomic mass is 10.3. The van der Waals surface area contributed by atoms with E-state index >= 15 is 0 Å².